The zero-order chi connectivity index (χ0) is 14.4. The number of carbonyl (C=O) groups excluding carboxylic acids is 1. The van der Waals surface area contributed by atoms with Gasteiger partial charge < -0.3 is 10.6 Å². The van der Waals surface area contributed by atoms with Crippen molar-refractivity contribution in [2.24, 2.45) is 5.92 Å². The molecule has 2 N–H and O–H groups in total. The quantitative estimate of drug-likeness (QED) is 0.837. The zero-order valence-electron chi connectivity index (χ0n) is 12.5. The number of nitrogens with one attached hydrogen (secondary N) is 2. The van der Waals surface area contributed by atoms with Crippen molar-refractivity contribution in [3.8, 4) is 0 Å². The third-order valence-corrected chi connectivity index (χ3v) is 3.65. The summed E-state index contributed by atoms with van der Waals surface area (Å²) in [6, 6.07) is 4.46. The van der Waals surface area contributed by atoms with Crippen LogP contribution in [0.15, 0.2) is 18.3 Å². The van der Waals surface area contributed by atoms with E-state index in [9.17, 15) is 4.79 Å². The van der Waals surface area contributed by atoms with Crippen LogP contribution in [0.4, 0.5) is 0 Å². The van der Waals surface area contributed by atoms with Gasteiger partial charge in [-0.2, -0.15) is 0 Å². The van der Waals surface area contributed by atoms with Gasteiger partial charge in [-0.25, -0.2) is 0 Å². The minimum absolute atomic E-state index is 0.128. The molecule has 110 valence electrons. The van der Waals surface area contributed by atoms with E-state index in [-0.39, 0.29) is 5.91 Å². The van der Waals surface area contributed by atoms with Gasteiger partial charge in [0.05, 0.1) is 5.69 Å². The molecule has 1 aromatic rings. The first-order valence-electron chi connectivity index (χ1n) is 7.60. The van der Waals surface area contributed by atoms with Crippen molar-refractivity contribution in [1.29, 1.82) is 0 Å². The van der Waals surface area contributed by atoms with Crippen LogP contribution in [-0.2, 0) is 11.2 Å². The fourth-order valence-electron chi connectivity index (χ4n) is 2.57. The lowest BCUT2D eigenvalue weighted by atomic mass is 9.92. The lowest BCUT2D eigenvalue weighted by molar-refractivity contribution is -0.121. The van der Waals surface area contributed by atoms with Gasteiger partial charge in [-0.15, -0.1) is 0 Å². The first-order chi connectivity index (χ1) is 9.66. The molecule has 0 saturated carbocycles. The van der Waals surface area contributed by atoms with Gasteiger partial charge in [0.2, 0.25) is 5.91 Å². The normalized spacial score (nSPS) is 17.9. The summed E-state index contributed by atoms with van der Waals surface area (Å²) in [5, 5.41) is 6.42. The molecule has 0 spiro atoms. The zero-order valence-corrected chi connectivity index (χ0v) is 12.5. The number of pyridine rings is 1. The molecule has 1 heterocycles. The van der Waals surface area contributed by atoms with Crippen molar-refractivity contribution >= 4 is 5.91 Å². The third-order valence-electron chi connectivity index (χ3n) is 3.65. The van der Waals surface area contributed by atoms with Gasteiger partial charge in [-0.1, -0.05) is 19.9 Å². The minimum atomic E-state index is 0.128. The van der Waals surface area contributed by atoms with Gasteiger partial charge in [0, 0.05) is 31.7 Å². The van der Waals surface area contributed by atoms with Crippen molar-refractivity contribution in [3.05, 3.63) is 29.6 Å². The fourth-order valence-corrected chi connectivity index (χ4v) is 2.57. The Hall–Kier alpha value is -1.42. The molecule has 0 aromatic carbocycles. The average Bonchev–Trinajstić information content (AvgIpc) is 2.45. The summed E-state index contributed by atoms with van der Waals surface area (Å²) >= 11 is 0. The van der Waals surface area contributed by atoms with Crippen LogP contribution < -0.4 is 10.6 Å². The Bertz CT molecular complexity index is 445. The molecule has 0 saturated heterocycles. The highest BCUT2D eigenvalue weighted by Crippen LogP contribution is 2.27. The molecular formula is C16H25N3O. The summed E-state index contributed by atoms with van der Waals surface area (Å²) in [7, 11) is 0. The van der Waals surface area contributed by atoms with E-state index >= 15 is 0 Å². The number of carbonyl (C=O) groups is 1. The molecule has 1 unspecified atom stereocenters. The number of nitrogens with zero attached hydrogens (tertiary/aromatic N) is 1. The first-order valence-corrected chi connectivity index (χ1v) is 7.60. The van der Waals surface area contributed by atoms with Gasteiger partial charge in [-0.05, 0) is 36.8 Å². The fraction of sp³-hybridized carbons (Fsp3) is 0.625. The van der Waals surface area contributed by atoms with Crippen molar-refractivity contribution in [1.82, 2.24) is 15.6 Å². The minimum Gasteiger partial charge on any atom is -0.356 e. The molecule has 1 aliphatic carbocycles. The largest absolute Gasteiger partial charge is 0.356 e. The molecule has 2 rings (SSSR count). The maximum atomic E-state index is 11.7. The van der Waals surface area contributed by atoms with Crippen LogP contribution in [0, 0.1) is 5.92 Å². The van der Waals surface area contributed by atoms with Crippen LogP contribution in [0.3, 0.4) is 0 Å². The Morgan fingerprint density at radius 2 is 2.35 bits per heavy atom. The lowest BCUT2D eigenvalue weighted by Crippen LogP contribution is -2.32. The topological polar surface area (TPSA) is 54.0 Å². The molecule has 0 aliphatic heterocycles. The summed E-state index contributed by atoms with van der Waals surface area (Å²) < 4.78 is 0. The highest BCUT2D eigenvalue weighted by molar-refractivity contribution is 5.76. The molecule has 1 amide bonds. The van der Waals surface area contributed by atoms with Crippen LogP contribution in [0.25, 0.3) is 0 Å². The Balaban J connectivity index is 1.77. The number of hydrogen-bond acceptors (Lipinski definition) is 3. The summed E-state index contributed by atoms with van der Waals surface area (Å²) in [4.78, 5) is 16.2. The van der Waals surface area contributed by atoms with E-state index < -0.39 is 0 Å². The van der Waals surface area contributed by atoms with E-state index in [4.69, 9.17) is 0 Å². The average molecular weight is 275 g/mol. The second-order valence-corrected chi connectivity index (χ2v) is 5.89. The van der Waals surface area contributed by atoms with Crippen molar-refractivity contribution in [3.63, 3.8) is 0 Å². The van der Waals surface area contributed by atoms with Gasteiger partial charge in [0.1, 0.15) is 0 Å². The molecule has 4 heteroatoms. The van der Waals surface area contributed by atoms with Crippen LogP contribution >= 0.6 is 0 Å². The van der Waals surface area contributed by atoms with E-state index in [1.54, 1.807) is 0 Å². The van der Waals surface area contributed by atoms with Crippen molar-refractivity contribution in [2.75, 3.05) is 13.1 Å². The molecule has 0 fully saturated rings. The molecule has 1 aliphatic rings. The number of fused-ring (bicyclic) bond motifs is 1. The maximum absolute atomic E-state index is 11.7. The third kappa shape index (κ3) is 4.30. The number of hydrogen-bond donors (Lipinski definition) is 2. The number of rotatable bonds is 6. The number of aromatic nitrogens is 1. The number of aryl methyl sites for hydroxylation is 1. The molecule has 0 bridgehead atoms. The number of amides is 1. The molecule has 4 nitrogen and oxygen atoms in total. The lowest BCUT2D eigenvalue weighted by Gasteiger charge is -2.25. The van der Waals surface area contributed by atoms with E-state index in [1.165, 1.54) is 17.7 Å². The predicted octanol–water partition coefficient (Wildman–Crippen LogP) is 2.21. The standard InChI is InChI=1S/C16H25N3O/c1-12(2)11-19-15(20)8-10-17-14-7-3-5-13-6-4-9-18-16(13)14/h4,6,9,12,14,17H,3,5,7-8,10-11H2,1-2H3,(H,19,20). The molecular weight excluding hydrogens is 250 g/mol. The molecule has 20 heavy (non-hydrogen) atoms. The highest BCUT2D eigenvalue weighted by atomic mass is 16.1. The summed E-state index contributed by atoms with van der Waals surface area (Å²) in [5.41, 5.74) is 2.52. The van der Waals surface area contributed by atoms with E-state index in [0.29, 0.717) is 24.9 Å². The summed E-state index contributed by atoms with van der Waals surface area (Å²) in [6.45, 7) is 5.67. The van der Waals surface area contributed by atoms with Gasteiger partial charge >= 0.3 is 0 Å². The van der Waals surface area contributed by atoms with Crippen LogP contribution in [0.2, 0.25) is 0 Å². The summed E-state index contributed by atoms with van der Waals surface area (Å²) in [6.07, 6.45) is 5.81. The van der Waals surface area contributed by atoms with E-state index in [0.717, 1.165) is 19.4 Å². The molecule has 1 atom stereocenters. The molecule has 0 radical (unpaired) electrons. The second-order valence-electron chi connectivity index (χ2n) is 5.89. The first kappa shape index (κ1) is 15.0. The van der Waals surface area contributed by atoms with E-state index in [2.05, 4.69) is 35.5 Å². The van der Waals surface area contributed by atoms with Crippen molar-refractivity contribution in [2.45, 2.75) is 45.6 Å². The van der Waals surface area contributed by atoms with E-state index in [1.807, 2.05) is 12.3 Å². The second kappa shape index (κ2) is 7.39. The SMILES string of the molecule is CC(C)CNC(=O)CCNC1CCCc2cccnc21. The Morgan fingerprint density at radius 1 is 1.50 bits per heavy atom. The van der Waals surface area contributed by atoms with Gasteiger partial charge in [0.25, 0.3) is 0 Å². The monoisotopic (exact) mass is 275 g/mol. The highest BCUT2D eigenvalue weighted by Gasteiger charge is 2.20. The van der Waals surface area contributed by atoms with Gasteiger partial charge in [-0.3, -0.25) is 9.78 Å². The smallest absolute Gasteiger partial charge is 0.221 e. The van der Waals surface area contributed by atoms with Crippen LogP contribution in [0.1, 0.15) is 50.4 Å². The van der Waals surface area contributed by atoms with Crippen molar-refractivity contribution < 1.29 is 4.79 Å². The Kier molecular flexibility index (Phi) is 5.53. The molecule has 1 aromatic heterocycles. The maximum Gasteiger partial charge on any atom is 0.221 e. The van der Waals surface area contributed by atoms with Crippen LogP contribution in [-0.4, -0.2) is 24.0 Å². The summed E-state index contributed by atoms with van der Waals surface area (Å²) in [5.74, 6) is 0.629. The Morgan fingerprint density at radius 3 is 3.15 bits per heavy atom. The van der Waals surface area contributed by atoms with Crippen LogP contribution in [0.5, 0.6) is 0 Å². The predicted molar refractivity (Wildman–Crippen MR) is 80.4 cm³/mol. The van der Waals surface area contributed by atoms with Gasteiger partial charge in [0.15, 0.2) is 0 Å². The Labute approximate surface area is 121 Å².